The SMILES string of the molecule is CC(SCC1C(=O)C=CC1C(=O)O)C(=O)O. The van der Waals surface area contributed by atoms with Crippen molar-refractivity contribution in [2.75, 3.05) is 5.75 Å². The second-order valence-electron chi connectivity index (χ2n) is 3.55. The third-order valence-corrected chi connectivity index (χ3v) is 3.68. The van der Waals surface area contributed by atoms with E-state index in [0.29, 0.717) is 0 Å². The van der Waals surface area contributed by atoms with Crippen LogP contribution in [0.2, 0.25) is 0 Å². The Kier molecular flexibility index (Phi) is 4.12. The number of carbonyl (C=O) groups excluding carboxylic acids is 1. The second kappa shape index (κ2) is 5.16. The van der Waals surface area contributed by atoms with Gasteiger partial charge in [-0.2, -0.15) is 0 Å². The van der Waals surface area contributed by atoms with Crippen molar-refractivity contribution < 1.29 is 24.6 Å². The van der Waals surface area contributed by atoms with Crippen LogP contribution in [0.1, 0.15) is 6.92 Å². The zero-order valence-electron chi connectivity index (χ0n) is 8.62. The molecule has 0 aromatic carbocycles. The lowest BCUT2D eigenvalue weighted by atomic mass is 9.97. The van der Waals surface area contributed by atoms with E-state index in [1.54, 1.807) is 0 Å². The van der Waals surface area contributed by atoms with E-state index in [2.05, 4.69) is 0 Å². The van der Waals surface area contributed by atoms with Crippen LogP contribution in [0.3, 0.4) is 0 Å². The van der Waals surface area contributed by atoms with Crippen molar-refractivity contribution in [1.29, 1.82) is 0 Å². The topological polar surface area (TPSA) is 91.7 Å². The fraction of sp³-hybridized carbons (Fsp3) is 0.500. The van der Waals surface area contributed by atoms with E-state index in [1.165, 1.54) is 19.1 Å². The molecule has 0 heterocycles. The number of hydrogen-bond donors (Lipinski definition) is 2. The summed E-state index contributed by atoms with van der Waals surface area (Å²) < 4.78 is 0. The van der Waals surface area contributed by atoms with Crippen LogP contribution < -0.4 is 0 Å². The second-order valence-corrected chi connectivity index (χ2v) is 4.92. The molecule has 0 aromatic heterocycles. The Morgan fingerprint density at radius 3 is 2.62 bits per heavy atom. The van der Waals surface area contributed by atoms with Crippen molar-refractivity contribution in [2.45, 2.75) is 12.2 Å². The minimum atomic E-state index is -1.05. The first-order valence-corrected chi connectivity index (χ1v) is 5.77. The Labute approximate surface area is 96.5 Å². The first kappa shape index (κ1) is 12.8. The predicted molar refractivity (Wildman–Crippen MR) is 58.3 cm³/mol. The summed E-state index contributed by atoms with van der Waals surface area (Å²) in [5, 5.41) is 16.9. The van der Waals surface area contributed by atoms with E-state index < -0.39 is 29.0 Å². The molecule has 1 rings (SSSR count). The van der Waals surface area contributed by atoms with Crippen LogP contribution in [0.5, 0.6) is 0 Å². The highest BCUT2D eigenvalue weighted by Crippen LogP contribution is 2.27. The van der Waals surface area contributed by atoms with Gasteiger partial charge in [-0.25, -0.2) is 0 Å². The van der Waals surface area contributed by atoms with Gasteiger partial charge in [0.1, 0.15) is 0 Å². The lowest BCUT2D eigenvalue weighted by Crippen LogP contribution is -2.26. The molecular formula is C10H12O5S. The molecule has 0 bridgehead atoms. The van der Waals surface area contributed by atoms with E-state index in [4.69, 9.17) is 10.2 Å². The zero-order valence-corrected chi connectivity index (χ0v) is 9.44. The van der Waals surface area contributed by atoms with E-state index >= 15 is 0 Å². The number of carboxylic acids is 2. The molecule has 0 amide bonds. The van der Waals surface area contributed by atoms with Crippen LogP contribution >= 0.6 is 11.8 Å². The number of hydrogen-bond acceptors (Lipinski definition) is 4. The molecule has 0 aliphatic heterocycles. The Balaban J connectivity index is 2.56. The van der Waals surface area contributed by atoms with Crippen molar-refractivity contribution in [2.24, 2.45) is 11.8 Å². The van der Waals surface area contributed by atoms with Crippen LogP contribution in [0.4, 0.5) is 0 Å². The molecule has 16 heavy (non-hydrogen) atoms. The number of rotatable bonds is 5. The van der Waals surface area contributed by atoms with Gasteiger partial charge in [-0.1, -0.05) is 6.08 Å². The minimum Gasteiger partial charge on any atom is -0.481 e. The van der Waals surface area contributed by atoms with Crippen molar-refractivity contribution in [3.63, 3.8) is 0 Å². The number of carbonyl (C=O) groups is 3. The highest BCUT2D eigenvalue weighted by atomic mass is 32.2. The van der Waals surface area contributed by atoms with Crippen LogP contribution in [0.25, 0.3) is 0 Å². The monoisotopic (exact) mass is 244 g/mol. The summed E-state index contributed by atoms with van der Waals surface area (Å²) in [6, 6.07) is 0. The summed E-state index contributed by atoms with van der Waals surface area (Å²) in [5.41, 5.74) is 0. The van der Waals surface area contributed by atoms with Crippen molar-refractivity contribution >= 4 is 29.5 Å². The maximum Gasteiger partial charge on any atom is 0.316 e. The molecule has 1 aliphatic carbocycles. The van der Waals surface area contributed by atoms with Gasteiger partial charge in [0.25, 0.3) is 0 Å². The van der Waals surface area contributed by atoms with Crippen LogP contribution in [-0.4, -0.2) is 38.9 Å². The Morgan fingerprint density at radius 1 is 1.50 bits per heavy atom. The molecule has 3 unspecified atom stereocenters. The van der Waals surface area contributed by atoms with E-state index in [0.717, 1.165) is 11.8 Å². The molecular weight excluding hydrogens is 232 g/mol. The molecule has 5 nitrogen and oxygen atoms in total. The van der Waals surface area contributed by atoms with Gasteiger partial charge in [0.05, 0.1) is 11.2 Å². The molecule has 1 aliphatic rings. The van der Waals surface area contributed by atoms with Gasteiger partial charge in [0.2, 0.25) is 0 Å². The summed E-state index contributed by atoms with van der Waals surface area (Å²) in [5.74, 6) is -3.48. The molecule has 88 valence electrons. The number of thioether (sulfide) groups is 1. The van der Waals surface area contributed by atoms with E-state index in [9.17, 15) is 14.4 Å². The molecule has 0 spiro atoms. The van der Waals surface area contributed by atoms with Crippen LogP contribution in [0.15, 0.2) is 12.2 Å². The molecule has 3 atom stereocenters. The lowest BCUT2D eigenvalue weighted by Gasteiger charge is -2.15. The standard InChI is InChI=1S/C10H12O5S/c1-5(9(12)13)16-4-7-6(10(14)15)2-3-8(7)11/h2-3,5-7H,4H2,1H3,(H,12,13)(H,14,15). The third-order valence-electron chi connectivity index (χ3n) is 2.43. The van der Waals surface area contributed by atoms with Gasteiger partial charge < -0.3 is 10.2 Å². The molecule has 0 saturated carbocycles. The van der Waals surface area contributed by atoms with Gasteiger partial charge in [-0.05, 0) is 13.0 Å². The highest BCUT2D eigenvalue weighted by molar-refractivity contribution is 8.00. The smallest absolute Gasteiger partial charge is 0.316 e. The zero-order chi connectivity index (χ0) is 12.3. The predicted octanol–water partition coefficient (Wildman–Crippen LogP) is 0.649. The van der Waals surface area contributed by atoms with Gasteiger partial charge in [0, 0.05) is 11.7 Å². The highest BCUT2D eigenvalue weighted by Gasteiger charge is 2.35. The molecule has 0 fully saturated rings. The summed E-state index contributed by atoms with van der Waals surface area (Å²) in [7, 11) is 0. The van der Waals surface area contributed by atoms with Crippen LogP contribution in [0, 0.1) is 11.8 Å². The van der Waals surface area contributed by atoms with Crippen molar-refractivity contribution in [1.82, 2.24) is 0 Å². The van der Waals surface area contributed by atoms with Gasteiger partial charge in [-0.15, -0.1) is 11.8 Å². The summed E-state index contributed by atoms with van der Waals surface area (Å²) >= 11 is 1.08. The maximum atomic E-state index is 11.4. The van der Waals surface area contributed by atoms with E-state index in [1.807, 2.05) is 0 Å². The molecule has 0 saturated heterocycles. The van der Waals surface area contributed by atoms with Crippen LogP contribution in [-0.2, 0) is 14.4 Å². The van der Waals surface area contributed by atoms with Gasteiger partial charge in [0.15, 0.2) is 5.78 Å². The summed E-state index contributed by atoms with van der Waals surface area (Å²) in [6.45, 7) is 1.51. The largest absolute Gasteiger partial charge is 0.481 e. The fourth-order valence-corrected chi connectivity index (χ4v) is 2.40. The Bertz CT molecular complexity index is 349. The summed E-state index contributed by atoms with van der Waals surface area (Å²) in [6.07, 6.45) is 2.62. The number of allylic oxidation sites excluding steroid dienone is 1. The van der Waals surface area contributed by atoms with Gasteiger partial charge >= 0.3 is 11.9 Å². The molecule has 0 radical (unpaired) electrons. The maximum absolute atomic E-state index is 11.4. The molecule has 6 heteroatoms. The average Bonchev–Trinajstić information content (AvgIpc) is 2.56. The number of aliphatic carboxylic acids is 2. The average molecular weight is 244 g/mol. The van der Waals surface area contributed by atoms with Crippen molar-refractivity contribution in [3.8, 4) is 0 Å². The third kappa shape index (κ3) is 2.85. The Morgan fingerprint density at radius 2 is 2.12 bits per heavy atom. The number of carboxylic acid groups (broad SMARTS) is 2. The van der Waals surface area contributed by atoms with Crippen molar-refractivity contribution in [3.05, 3.63) is 12.2 Å². The first-order chi connectivity index (χ1) is 7.43. The quantitative estimate of drug-likeness (QED) is 0.737. The fourth-order valence-electron chi connectivity index (χ4n) is 1.39. The first-order valence-electron chi connectivity index (χ1n) is 4.72. The Hall–Kier alpha value is -1.30. The van der Waals surface area contributed by atoms with E-state index in [-0.39, 0.29) is 11.5 Å². The minimum absolute atomic E-state index is 0.219. The normalized spacial score (nSPS) is 25.7. The molecule has 2 N–H and O–H groups in total. The summed E-state index contributed by atoms with van der Waals surface area (Å²) in [4.78, 5) is 32.7. The lowest BCUT2D eigenvalue weighted by molar-refractivity contribution is -0.142. The number of ketones is 1. The van der Waals surface area contributed by atoms with Gasteiger partial charge in [-0.3, -0.25) is 14.4 Å². The molecule has 0 aromatic rings.